The highest BCUT2D eigenvalue weighted by molar-refractivity contribution is 9.10. The van der Waals surface area contributed by atoms with E-state index < -0.39 is 29.5 Å². The van der Waals surface area contributed by atoms with Gasteiger partial charge in [-0.05, 0) is 36.4 Å². The van der Waals surface area contributed by atoms with Crippen molar-refractivity contribution < 1.29 is 31.1 Å². The molecule has 2 rings (SSSR count). The first-order chi connectivity index (χ1) is 11.9. The molecular formula is C15H8BrClF6N2O. The number of urea groups is 1. The molecule has 11 heteroatoms. The first kappa shape index (κ1) is 20.4. The molecule has 0 saturated heterocycles. The summed E-state index contributed by atoms with van der Waals surface area (Å²) < 4.78 is 76.1. The Kier molecular flexibility index (Phi) is 5.76. The maximum absolute atomic E-state index is 12.8. The Morgan fingerprint density at radius 2 is 1.50 bits per heavy atom. The van der Waals surface area contributed by atoms with E-state index in [1.807, 2.05) is 0 Å². The molecule has 2 aromatic rings. The van der Waals surface area contributed by atoms with Gasteiger partial charge in [-0.1, -0.05) is 27.5 Å². The number of nitrogens with one attached hydrogen (secondary N) is 2. The highest BCUT2D eigenvalue weighted by atomic mass is 79.9. The first-order valence-electron chi connectivity index (χ1n) is 6.69. The van der Waals surface area contributed by atoms with Gasteiger partial charge in [0, 0.05) is 10.2 Å². The van der Waals surface area contributed by atoms with Crippen molar-refractivity contribution in [2.24, 2.45) is 0 Å². The number of benzene rings is 2. The summed E-state index contributed by atoms with van der Waals surface area (Å²) >= 11 is 8.60. The summed E-state index contributed by atoms with van der Waals surface area (Å²) in [5.74, 6) is 0. The molecule has 0 aliphatic carbocycles. The van der Waals surface area contributed by atoms with Crippen LogP contribution in [0.25, 0.3) is 0 Å². The molecule has 0 aliphatic rings. The minimum Gasteiger partial charge on any atom is -0.308 e. The molecule has 2 amide bonds. The Morgan fingerprint density at radius 3 is 2.04 bits per heavy atom. The van der Waals surface area contributed by atoms with Crippen molar-refractivity contribution in [3.63, 3.8) is 0 Å². The normalized spacial score (nSPS) is 12.0. The number of halogens is 8. The number of hydrogen-bond donors (Lipinski definition) is 2. The van der Waals surface area contributed by atoms with Crippen molar-refractivity contribution in [3.8, 4) is 0 Å². The zero-order chi connectivity index (χ0) is 19.7. The van der Waals surface area contributed by atoms with Gasteiger partial charge in [0.1, 0.15) is 0 Å². The Bertz CT molecular complexity index is 838. The first-order valence-corrected chi connectivity index (χ1v) is 7.86. The molecule has 26 heavy (non-hydrogen) atoms. The molecule has 140 valence electrons. The van der Waals surface area contributed by atoms with Gasteiger partial charge in [-0.2, -0.15) is 26.3 Å². The molecule has 0 radical (unpaired) electrons. The average Bonchev–Trinajstić information content (AvgIpc) is 2.46. The second-order valence-corrected chi connectivity index (χ2v) is 6.32. The van der Waals surface area contributed by atoms with E-state index in [1.54, 1.807) is 0 Å². The van der Waals surface area contributed by atoms with Crippen LogP contribution in [0.5, 0.6) is 0 Å². The van der Waals surface area contributed by atoms with Gasteiger partial charge >= 0.3 is 18.4 Å². The number of rotatable bonds is 2. The molecule has 2 aromatic carbocycles. The summed E-state index contributed by atoms with van der Waals surface area (Å²) in [5, 5.41) is 3.95. The highest BCUT2D eigenvalue weighted by Gasteiger charge is 2.32. The van der Waals surface area contributed by atoms with Gasteiger partial charge < -0.3 is 10.6 Å². The van der Waals surface area contributed by atoms with Crippen molar-refractivity contribution >= 4 is 44.9 Å². The fraction of sp³-hybridized carbons (Fsp3) is 0.133. The summed E-state index contributed by atoms with van der Waals surface area (Å²) in [4.78, 5) is 11.9. The van der Waals surface area contributed by atoms with Crippen molar-refractivity contribution in [3.05, 3.63) is 57.0 Å². The zero-order valence-electron chi connectivity index (χ0n) is 12.4. The van der Waals surface area contributed by atoms with Crippen LogP contribution in [-0.2, 0) is 12.4 Å². The number of amides is 2. The van der Waals surface area contributed by atoms with Crippen LogP contribution < -0.4 is 10.6 Å². The maximum atomic E-state index is 12.8. The Balaban J connectivity index is 2.16. The second-order valence-electron chi connectivity index (χ2n) is 5.00. The number of carbonyl (C=O) groups excluding carboxylic acids is 1. The highest BCUT2D eigenvalue weighted by Crippen LogP contribution is 2.35. The van der Waals surface area contributed by atoms with E-state index in [9.17, 15) is 31.1 Å². The third-order valence-electron chi connectivity index (χ3n) is 3.03. The molecule has 0 bridgehead atoms. The lowest BCUT2D eigenvalue weighted by Crippen LogP contribution is -2.20. The van der Waals surface area contributed by atoms with E-state index in [2.05, 4.69) is 26.6 Å². The number of carbonyl (C=O) groups is 1. The van der Waals surface area contributed by atoms with Crippen LogP contribution in [0.15, 0.2) is 40.9 Å². The third kappa shape index (κ3) is 5.28. The van der Waals surface area contributed by atoms with Crippen LogP contribution in [0, 0.1) is 0 Å². The zero-order valence-corrected chi connectivity index (χ0v) is 14.7. The fourth-order valence-electron chi connectivity index (χ4n) is 1.90. The summed E-state index contributed by atoms with van der Waals surface area (Å²) in [7, 11) is 0. The quantitative estimate of drug-likeness (QED) is 0.475. The third-order valence-corrected chi connectivity index (χ3v) is 3.80. The molecule has 0 unspecified atom stereocenters. The summed E-state index contributed by atoms with van der Waals surface area (Å²) in [6.07, 6.45) is -9.22. The van der Waals surface area contributed by atoms with Crippen LogP contribution in [0.3, 0.4) is 0 Å². The molecule has 0 saturated carbocycles. The number of anilines is 2. The number of alkyl halides is 6. The molecule has 0 atom stereocenters. The Hall–Kier alpha value is -1.94. The second kappa shape index (κ2) is 7.36. The van der Waals surface area contributed by atoms with Crippen LogP contribution in [-0.4, -0.2) is 6.03 Å². The molecule has 0 aliphatic heterocycles. The molecular weight excluding hydrogens is 454 g/mol. The predicted octanol–water partition coefficient (Wildman–Crippen LogP) is 6.78. The van der Waals surface area contributed by atoms with Gasteiger partial charge in [0.05, 0.1) is 21.8 Å². The van der Waals surface area contributed by atoms with Gasteiger partial charge in [-0.15, -0.1) is 0 Å². The van der Waals surface area contributed by atoms with Gasteiger partial charge in [-0.3, -0.25) is 0 Å². The predicted molar refractivity (Wildman–Crippen MR) is 88.2 cm³/mol. The van der Waals surface area contributed by atoms with E-state index in [1.165, 1.54) is 6.07 Å². The average molecular weight is 462 g/mol. The standard InChI is InChI=1S/C15H8BrClF6N2O/c16-9-3-8(15(21,22)23)4-10(6-9)24-13(26)25-12-2-1-7(5-11(12)17)14(18,19)20/h1-6H,(H2,24,25,26). The molecule has 0 aromatic heterocycles. The van der Waals surface area contributed by atoms with Crippen LogP contribution in [0.2, 0.25) is 5.02 Å². The fourth-order valence-corrected chi connectivity index (χ4v) is 2.62. The molecule has 0 spiro atoms. The van der Waals surface area contributed by atoms with Crippen LogP contribution in [0.4, 0.5) is 42.5 Å². The van der Waals surface area contributed by atoms with E-state index in [0.717, 1.165) is 12.1 Å². The van der Waals surface area contributed by atoms with Crippen molar-refractivity contribution in [2.75, 3.05) is 10.6 Å². The smallest absolute Gasteiger partial charge is 0.308 e. The van der Waals surface area contributed by atoms with Gasteiger partial charge in [-0.25, -0.2) is 4.79 Å². The summed E-state index contributed by atoms with van der Waals surface area (Å²) in [5.41, 5.74) is -2.31. The van der Waals surface area contributed by atoms with Crippen molar-refractivity contribution in [2.45, 2.75) is 12.4 Å². The minimum absolute atomic E-state index is 0.0789. The lowest BCUT2D eigenvalue weighted by Gasteiger charge is -2.13. The van der Waals surface area contributed by atoms with Crippen molar-refractivity contribution in [1.29, 1.82) is 0 Å². The summed E-state index contributed by atoms with van der Waals surface area (Å²) in [6, 6.07) is 4.06. The van der Waals surface area contributed by atoms with E-state index in [-0.39, 0.29) is 20.9 Å². The summed E-state index contributed by atoms with van der Waals surface area (Å²) in [6.45, 7) is 0. The maximum Gasteiger partial charge on any atom is 0.416 e. The van der Waals surface area contributed by atoms with E-state index in [0.29, 0.717) is 18.2 Å². The molecule has 0 heterocycles. The monoisotopic (exact) mass is 460 g/mol. The minimum atomic E-state index is -4.62. The SMILES string of the molecule is O=C(Nc1cc(Br)cc(C(F)(F)F)c1)Nc1ccc(C(F)(F)F)cc1Cl. The van der Waals surface area contributed by atoms with E-state index >= 15 is 0 Å². The van der Waals surface area contributed by atoms with Crippen molar-refractivity contribution in [1.82, 2.24) is 0 Å². The van der Waals surface area contributed by atoms with Crippen LogP contribution >= 0.6 is 27.5 Å². The molecule has 0 fully saturated rings. The number of hydrogen-bond acceptors (Lipinski definition) is 1. The van der Waals surface area contributed by atoms with Gasteiger partial charge in [0.15, 0.2) is 0 Å². The topological polar surface area (TPSA) is 41.1 Å². The largest absolute Gasteiger partial charge is 0.416 e. The Labute approximate surface area is 156 Å². The van der Waals surface area contributed by atoms with Crippen LogP contribution in [0.1, 0.15) is 11.1 Å². The molecule has 3 nitrogen and oxygen atoms in total. The lowest BCUT2D eigenvalue weighted by molar-refractivity contribution is -0.138. The van der Waals surface area contributed by atoms with Gasteiger partial charge in [0.25, 0.3) is 0 Å². The van der Waals surface area contributed by atoms with E-state index in [4.69, 9.17) is 11.6 Å². The lowest BCUT2D eigenvalue weighted by atomic mass is 10.2. The Morgan fingerprint density at radius 1 is 0.885 bits per heavy atom. The van der Waals surface area contributed by atoms with Gasteiger partial charge in [0.2, 0.25) is 0 Å². The molecule has 2 N–H and O–H groups in total.